The summed E-state index contributed by atoms with van der Waals surface area (Å²) in [4.78, 5) is 0. The Balaban J connectivity index is 1.80. The molecule has 0 unspecified atom stereocenters. The Morgan fingerprint density at radius 1 is 0.472 bits per heavy atom. The summed E-state index contributed by atoms with van der Waals surface area (Å²) in [6.07, 6.45) is 19.3. The van der Waals surface area contributed by atoms with Crippen molar-refractivity contribution in [3.63, 3.8) is 0 Å². The van der Waals surface area contributed by atoms with Crippen molar-refractivity contribution in [3.05, 3.63) is 84.0 Å². The van der Waals surface area contributed by atoms with Crippen LogP contribution in [0, 0.1) is 47.4 Å². The van der Waals surface area contributed by atoms with Gasteiger partial charge >= 0.3 is 0 Å². The van der Waals surface area contributed by atoms with Crippen LogP contribution >= 0.6 is 0 Å². The van der Waals surface area contributed by atoms with E-state index in [1.807, 2.05) is 24.3 Å². The maximum absolute atomic E-state index is 3.18. The lowest BCUT2D eigenvalue weighted by molar-refractivity contribution is 0.679. The van der Waals surface area contributed by atoms with Gasteiger partial charge in [0, 0.05) is 24.0 Å². The van der Waals surface area contributed by atoms with Gasteiger partial charge in [0.2, 0.25) is 0 Å². The fraction of sp³-hybridized carbons (Fsp3) is 0.333. The van der Waals surface area contributed by atoms with Gasteiger partial charge in [0.25, 0.3) is 0 Å². The maximum atomic E-state index is 3.18. The van der Waals surface area contributed by atoms with Crippen LogP contribution in [0.5, 0.6) is 0 Å². The summed E-state index contributed by atoms with van der Waals surface area (Å²) in [5.74, 6) is 24.9. The Labute approximate surface area is 220 Å². The van der Waals surface area contributed by atoms with Gasteiger partial charge in [-0.2, -0.15) is 0 Å². The molecule has 0 aliphatic rings. The zero-order chi connectivity index (χ0) is 25.5. The van der Waals surface area contributed by atoms with Gasteiger partial charge in [0.15, 0.2) is 0 Å². The first-order chi connectivity index (χ1) is 17.8. The molecule has 2 rings (SSSR count). The second-order valence-electron chi connectivity index (χ2n) is 8.62. The van der Waals surface area contributed by atoms with E-state index in [4.69, 9.17) is 0 Å². The fourth-order valence-electron chi connectivity index (χ4n) is 3.45. The van der Waals surface area contributed by atoms with Crippen molar-refractivity contribution in [1.29, 1.82) is 0 Å². The Morgan fingerprint density at radius 3 is 1.25 bits per heavy atom. The molecule has 2 aromatic carbocycles. The van der Waals surface area contributed by atoms with Crippen LogP contribution in [0.25, 0.3) is 11.1 Å². The highest BCUT2D eigenvalue weighted by molar-refractivity contribution is 5.65. The summed E-state index contributed by atoms with van der Waals surface area (Å²) in [6, 6.07) is 16.6. The van der Waals surface area contributed by atoms with Gasteiger partial charge in [-0.25, -0.2) is 0 Å². The first-order valence-corrected chi connectivity index (χ1v) is 13.3. The zero-order valence-electron chi connectivity index (χ0n) is 22.0. The molecule has 0 spiro atoms. The first kappa shape index (κ1) is 28.4. The summed E-state index contributed by atoms with van der Waals surface area (Å²) >= 11 is 0. The van der Waals surface area contributed by atoms with Crippen molar-refractivity contribution < 1.29 is 0 Å². The lowest BCUT2D eigenvalue weighted by atomic mass is 10.0. The molecule has 0 aliphatic carbocycles. The fourth-order valence-corrected chi connectivity index (χ4v) is 3.45. The third kappa shape index (κ3) is 13.2. The van der Waals surface area contributed by atoms with Crippen LogP contribution in [0.2, 0.25) is 0 Å². The van der Waals surface area contributed by atoms with Crippen molar-refractivity contribution in [3.8, 4) is 58.5 Å². The molecule has 0 saturated heterocycles. The summed E-state index contributed by atoms with van der Waals surface area (Å²) in [7, 11) is 0. The summed E-state index contributed by atoms with van der Waals surface area (Å²) in [5, 5.41) is 0. The minimum absolute atomic E-state index is 0.971. The molecule has 0 aromatic heterocycles. The molecule has 36 heavy (non-hydrogen) atoms. The lowest BCUT2D eigenvalue weighted by Gasteiger charge is -2.02. The van der Waals surface area contributed by atoms with E-state index in [1.165, 1.54) is 62.5 Å². The van der Waals surface area contributed by atoms with Gasteiger partial charge in [-0.15, -0.1) is 0 Å². The molecule has 0 radical (unpaired) electrons. The van der Waals surface area contributed by atoms with E-state index in [0.717, 1.165) is 24.0 Å². The normalized spacial score (nSPS) is 9.94. The minimum Gasteiger partial charge on any atom is -0.0985 e. The van der Waals surface area contributed by atoms with Crippen LogP contribution in [0.1, 0.15) is 89.2 Å². The van der Waals surface area contributed by atoms with Crippen LogP contribution in [0.3, 0.4) is 0 Å². The van der Waals surface area contributed by atoms with Crippen LogP contribution in [0.4, 0.5) is 0 Å². The van der Waals surface area contributed by atoms with Crippen molar-refractivity contribution in [2.45, 2.75) is 78.1 Å². The van der Waals surface area contributed by atoms with E-state index in [-0.39, 0.29) is 0 Å². The molecule has 0 fully saturated rings. The number of unbranched alkanes of at least 4 members (excludes halogenated alkanes) is 8. The predicted octanol–water partition coefficient (Wildman–Crippen LogP) is 9.12. The SMILES string of the molecule is CCCCCCC#C/C=C\C#Cc1ccc(-c2ccc(C#C/C=C/C#CCCCCCC)cc2)cc1. The number of benzene rings is 2. The van der Waals surface area contributed by atoms with E-state index in [2.05, 4.69) is 110 Å². The smallest absolute Gasteiger partial charge is 0.0249 e. The van der Waals surface area contributed by atoms with Gasteiger partial charge < -0.3 is 0 Å². The maximum Gasteiger partial charge on any atom is 0.0249 e. The summed E-state index contributed by atoms with van der Waals surface area (Å²) < 4.78 is 0. The van der Waals surface area contributed by atoms with Gasteiger partial charge in [0.05, 0.1) is 0 Å². The van der Waals surface area contributed by atoms with Crippen LogP contribution in [0.15, 0.2) is 72.8 Å². The highest BCUT2D eigenvalue weighted by Gasteiger charge is 1.97. The topological polar surface area (TPSA) is 0 Å². The molecule has 0 bridgehead atoms. The van der Waals surface area contributed by atoms with Gasteiger partial charge in [-0.1, -0.05) is 124 Å². The number of hydrogen-bond acceptors (Lipinski definition) is 0. The van der Waals surface area contributed by atoms with Gasteiger partial charge in [-0.05, 0) is 72.5 Å². The largest absolute Gasteiger partial charge is 0.0985 e. The molecular weight excluding hydrogens is 432 g/mol. The molecule has 0 heteroatoms. The molecule has 0 aliphatic heterocycles. The molecule has 182 valence electrons. The van der Waals surface area contributed by atoms with Crippen molar-refractivity contribution >= 4 is 0 Å². The minimum atomic E-state index is 0.971. The van der Waals surface area contributed by atoms with E-state index in [1.54, 1.807) is 0 Å². The predicted molar refractivity (Wildman–Crippen MR) is 157 cm³/mol. The second kappa shape index (κ2) is 19.5. The summed E-state index contributed by atoms with van der Waals surface area (Å²) in [6.45, 7) is 4.45. The Morgan fingerprint density at radius 2 is 0.861 bits per heavy atom. The molecule has 0 heterocycles. The second-order valence-corrected chi connectivity index (χ2v) is 8.62. The van der Waals surface area contributed by atoms with Crippen molar-refractivity contribution in [2.75, 3.05) is 0 Å². The summed E-state index contributed by atoms with van der Waals surface area (Å²) in [5.41, 5.74) is 4.32. The van der Waals surface area contributed by atoms with Crippen LogP contribution in [-0.4, -0.2) is 0 Å². The van der Waals surface area contributed by atoms with E-state index in [9.17, 15) is 0 Å². The molecule has 0 nitrogen and oxygen atoms in total. The lowest BCUT2D eigenvalue weighted by Crippen LogP contribution is -1.80. The molecular formula is C36H38. The van der Waals surface area contributed by atoms with Gasteiger partial charge in [-0.3, -0.25) is 0 Å². The average molecular weight is 471 g/mol. The number of hydrogen-bond donors (Lipinski definition) is 0. The van der Waals surface area contributed by atoms with Crippen LogP contribution in [-0.2, 0) is 0 Å². The van der Waals surface area contributed by atoms with Gasteiger partial charge in [0.1, 0.15) is 0 Å². The molecule has 0 atom stereocenters. The van der Waals surface area contributed by atoms with E-state index < -0.39 is 0 Å². The molecule has 2 aromatic rings. The Kier molecular flexibility index (Phi) is 15.4. The van der Waals surface area contributed by atoms with Crippen LogP contribution < -0.4 is 0 Å². The molecule has 0 N–H and O–H groups in total. The molecule has 0 amide bonds. The van der Waals surface area contributed by atoms with Crippen molar-refractivity contribution in [1.82, 2.24) is 0 Å². The highest BCUT2D eigenvalue weighted by atomic mass is 14.0. The number of rotatable bonds is 9. The third-order valence-corrected chi connectivity index (χ3v) is 5.55. The Hall–Kier alpha value is -3.84. The highest BCUT2D eigenvalue weighted by Crippen LogP contribution is 2.20. The average Bonchev–Trinajstić information content (AvgIpc) is 2.91. The van der Waals surface area contributed by atoms with Crippen molar-refractivity contribution in [2.24, 2.45) is 0 Å². The first-order valence-electron chi connectivity index (χ1n) is 13.3. The van der Waals surface area contributed by atoms with E-state index in [0.29, 0.717) is 0 Å². The number of allylic oxidation sites excluding steroid dienone is 4. The monoisotopic (exact) mass is 470 g/mol. The standard InChI is InChI=1S/C36H38/c1-3-5-7-9-11-13-15-17-19-21-23-33-25-29-35(30-26-33)36-31-27-34(28-32-36)24-22-20-18-16-14-12-10-8-6-4-2/h17-20,25-32H,3-12H2,1-2H3/b19-17-,20-18+. The zero-order valence-corrected chi connectivity index (χ0v) is 22.0. The molecule has 0 saturated carbocycles. The quantitative estimate of drug-likeness (QED) is 0.253. The van der Waals surface area contributed by atoms with E-state index >= 15 is 0 Å². The Bertz CT molecular complexity index is 1090. The third-order valence-electron chi connectivity index (χ3n) is 5.55.